The normalized spacial score (nSPS) is 18.6. The minimum atomic E-state index is -0.0535. The summed E-state index contributed by atoms with van der Waals surface area (Å²) in [4.78, 5) is 14.5. The molecule has 1 fully saturated rings. The zero-order valence-corrected chi connectivity index (χ0v) is 15.1. The van der Waals surface area contributed by atoms with E-state index in [-0.39, 0.29) is 11.9 Å². The van der Waals surface area contributed by atoms with Gasteiger partial charge in [-0.3, -0.25) is 14.4 Å². The molecule has 1 aromatic heterocycles. The van der Waals surface area contributed by atoms with Gasteiger partial charge in [0.1, 0.15) is 0 Å². The van der Waals surface area contributed by atoms with Crippen LogP contribution in [0.5, 0.6) is 0 Å². The monoisotopic (exact) mass is 358 g/mol. The van der Waals surface area contributed by atoms with Crippen molar-refractivity contribution in [2.24, 2.45) is 7.05 Å². The molecule has 1 aliphatic heterocycles. The van der Waals surface area contributed by atoms with E-state index in [9.17, 15) is 4.79 Å². The van der Waals surface area contributed by atoms with E-state index in [1.165, 1.54) is 5.56 Å². The topological polar surface area (TPSA) is 50.2 Å². The summed E-state index contributed by atoms with van der Waals surface area (Å²) in [6.07, 6.45) is 9.08. The Hall–Kier alpha value is -2.11. The third-order valence-corrected chi connectivity index (χ3v) is 4.58. The first-order chi connectivity index (χ1) is 12.1. The number of nitrogens with one attached hydrogen (secondary N) is 1. The highest BCUT2D eigenvalue weighted by molar-refractivity contribution is 6.30. The van der Waals surface area contributed by atoms with Crippen LogP contribution >= 0.6 is 11.6 Å². The Balaban J connectivity index is 1.50. The van der Waals surface area contributed by atoms with E-state index >= 15 is 0 Å². The van der Waals surface area contributed by atoms with Crippen LogP contribution in [0.25, 0.3) is 6.08 Å². The molecule has 0 aliphatic carbocycles. The number of hydrogen-bond acceptors (Lipinski definition) is 3. The number of benzene rings is 1. The predicted octanol–water partition coefficient (Wildman–Crippen LogP) is 2.87. The van der Waals surface area contributed by atoms with Gasteiger partial charge in [-0.1, -0.05) is 23.7 Å². The second-order valence-corrected chi connectivity index (χ2v) is 6.93. The van der Waals surface area contributed by atoms with Crippen molar-refractivity contribution in [3.05, 3.63) is 58.9 Å². The molecule has 132 valence electrons. The summed E-state index contributed by atoms with van der Waals surface area (Å²) in [7, 11) is 1.86. The van der Waals surface area contributed by atoms with Crippen LogP contribution in [0.2, 0.25) is 5.02 Å². The zero-order valence-electron chi connectivity index (χ0n) is 14.4. The van der Waals surface area contributed by atoms with Crippen molar-refractivity contribution < 1.29 is 4.79 Å². The first-order valence-corrected chi connectivity index (χ1v) is 8.90. The number of halogens is 1. The number of rotatable bonds is 5. The molecule has 1 atom stereocenters. The summed E-state index contributed by atoms with van der Waals surface area (Å²) in [5.41, 5.74) is 2.17. The molecule has 6 heteroatoms. The summed E-state index contributed by atoms with van der Waals surface area (Å²) in [6.45, 7) is 2.81. The first kappa shape index (κ1) is 17.7. The number of carbonyl (C=O) groups excluding carboxylic acids is 1. The summed E-state index contributed by atoms with van der Waals surface area (Å²) in [5.74, 6) is -0.0535. The highest BCUT2D eigenvalue weighted by Gasteiger charge is 2.20. The third-order valence-electron chi connectivity index (χ3n) is 4.32. The van der Waals surface area contributed by atoms with Crippen LogP contribution in [-0.2, 0) is 18.4 Å². The fourth-order valence-electron chi connectivity index (χ4n) is 3.11. The van der Waals surface area contributed by atoms with Crippen molar-refractivity contribution in [2.75, 3.05) is 13.1 Å². The second kappa shape index (κ2) is 8.32. The Morgan fingerprint density at radius 3 is 2.92 bits per heavy atom. The van der Waals surface area contributed by atoms with E-state index in [1.807, 2.05) is 25.4 Å². The number of nitrogens with zero attached hydrogens (tertiary/aromatic N) is 3. The lowest BCUT2D eigenvalue weighted by molar-refractivity contribution is -0.117. The van der Waals surface area contributed by atoms with Gasteiger partial charge in [-0.2, -0.15) is 5.10 Å². The van der Waals surface area contributed by atoms with Crippen molar-refractivity contribution in [1.82, 2.24) is 20.0 Å². The van der Waals surface area contributed by atoms with Crippen LogP contribution in [0.1, 0.15) is 24.0 Å². The fraction of sp³-hybridized carbons (Fsp3) is 0.368. The molecule has 0 spiro atoms. The van der Waals surface area contributed by atoms with E-state index in [4.69, 9.17) is 11.6 Å². The molecule has 2 aromatic rings. The van der Waals surface area contributed by atoms with Crippen LogP contribution < -0.4 is 5.32 Å². The Labute approximate surface area is 153 Å². The largest absolute Gasteiger partial charge is 0.349 e. The lowest BCUT2D eigenvalue weighted by Crippen LogP contribution is -2.46. The first-order valence-electron chi connectivity index (χ1n) is 8.52. The quantitative estimate of drug-likeness (QED) is 0.836. The second-order valence-electron chi connectivity index (χ2n) is 6.49. The zero-order chi connectivity index (χ0) is 17.6. The van der Waals surface area contributed by atoms with Gasteiger partial charge in [0.25, 0.3) is 0 Å². The van der Waals surface area contributed by atoms with E-state index in [0.29, 0.717) is 0 Å². The molecule has 3 rings (SSSR count). The van der Waals surface area contributed by atoms with Gasteiger partial charge in [0.2, 0.25) is 5.91 Å². The summed E-state index contributed by atoms with van der Waals surface area (Å²) in [6, 6.07) is 8.14. The molecular formula is C19H23ClN4O. The molecule has 1 saturated heterocycles. The number of hydrogen-bond donors (Lipinski definition) is 1. The van der Waals surface area contributed by atoms with E-state index in [2.05, 4.69) is 27.4 Å². The van der Waals surface area contributed by atoms with Crippen molar-refractivity contribution in [3.8, 4) is 0 Å². The van der Waals surface area contributed by atoms with Gasteiger partial charge < -0.3 is 5.32 Å². The van der Waals surface area contributed by atoms with Crippen LogP contribution in [-0.4, -0.2) is 39.7 Å². The fourth-order valence-corrected chi connectivity index (χ4v) is 3.24. The molecule has 25 heavy (non-hydrogen) atoms. The molecule has 1 unspecified atom stereocenters. The van der Waals surface area contributed by atoms with Gasteiger partial charge in [0.05, 0.1) is 6.20 Å². The Kier molecular flexibility index (Phi) is 5.89. The minimum Gasteiger partial charge on any atom is -0.349 e. The molecule has 1 aliphatic rings. The molecular weight excluding hydrogens is 336 g/mol. The van der Waals surface area contributed by atoms with Gasteiger partial charge in [0, 0.05) is 49.0 Å². The maximum atomic E-state index is 12.1. The van der Waals surface area contributed by atoms with Crippen LogP contribution in [0, 0.1) is 0 Å². The third kappa shape index (κ3) is 5.44. The molecule has 0 radical (unpaired) electrons. The number of likely N-dealkylation sites (tertiary alicyclic amines) is 1. The van der Waals surface area contributed by atoms with Gasteiger partial charge >= 0.3 is 0 Å². The maximum absolute atomic E-state index is 12.1. The minimum absolute atomic E-state index is 0.0535. The van der Waals surface area contributed by atoms with E-state index in [1.54, 1.807) is 23.0 Å². The van der Waals surface area contributed by atoms with Gasteiger partial charge in [-0.25, -0.2) is 0 Å². The number of piperidine rings is 1. The summed E-state index contributed by atoms with van der Waals surface area (Å²) in [5, 5.41) is 7.95. The highest BCUT2D eigenvalue weighted by atomic mass is 35.5. The highest BCUT2D eigenvalue weighted by Crippen LogP contribution is 2.16. The summed E-state index contributed by atoms with van der Waals surface area (Å²) >= 11 is 5.94. The molecule has 1 N–H and O–H groups in total. The van der Waals surface area contributed by atoms with Crippen LogP contribution in [0.3, 0.4) is 0 Å². The molecule has 5 nitrogen and oxygen atoms in total. The van der Waals surface area contributed by atoms with Crippen molar-refractivity contribution in [3.63, 3.8) is 0 Å². The van der Waals surface area contributed by atoms with Crippen LogP contribution in [0.4, 0.5) is 0 Å². The maximum Gasteiger partial charge on any atom is 0.244 e. The van der Waals surface area contributed by atoms with Gasteiger partial charge in [0.15, 0.2) is 0 Å². The SMILES string of the molecule is Cn1cc(/C=C/C(=O)NC2CCCN(Cc3ccc(Cl)cc3)C2)cn1. The predicted molar refractivity (Wildman–Crippen MR) is 100 cm³/mol. The molecule has 1 amide bonds. The van der Waals surface area contributed by atoms with Crippen molar-refractivity contribution in [2.45, 2.75) is 25.4 Å². The van der Waals surface area contributed by atoms with Crippen LogP contribution in [0.15, 0.2) is 42.7 Å². The van der Waals surface area contributed by atoms with E-state index < -0.39 is 0 Å². The number of carbonyl (C=O) groups is 1. The number of aromatic nitrogens is 2. The lowest BCUT2D eigenvalue weighted by Gasteiger charge is -2.33. The molecule has 0 saturated carbocycles. The Morgan fingerprint density at radius 2 is 2.20 bits per heavy atom. The standard InChI is InChI=1S/C19H23ClN4O/c1-23-12-16(11-21-23)6-9-19(25)22-18-3-2-10-24(14-18)13-15-4-7-17(20)8-5-15/h4-9,11-12,18H,2-3,10,13-14H2,1H3,(H,22,25)/b9-6+. The number of amides is 1. The molecule has 2 heterocycles. The smallest absolute Gasteiger partial charge is 0.244 e. The lowest BCUT2D eigenvalue weighted by atomic mass is 10.0. The summed E-state index contributed by atoms with van der Waals surface area (Å²) < 4.78 is 1.72. The van der Waals surface area contributed by atoms with Gasteiger partial charge in [-0.05, 0) is 43.2 Å². The average molecular weight is 359 g/mol. The van der Waals surface area contributed by atoms with Gasteiger partial charge in [-0.15, -0.1) is 0 Å². The van der Waals surface area contributed by atoms with E-state index in [0.717, 1.165) is 43.1 Å². The van der Waals surface area contributed by atoms with Crippen molar-refractivity contribution >= 4 is 23.6 Å². The Bertz CT molecular complexity index is 738. The number of aryl methyl sites for hydroxylation is 1. The molecule has 0 bridgehead atoms. The molecule has 1 aromatic carbocycles. The van der Waals surface area contributed by atoms with Crippen molar-refractivity contribution in [1.29, 1.82) is 0 Å². The Morgan fingerprint density at radius 1 is 1.40 bits per heavy atom. The average Bonchev–Trinajstić information content (AvgIpc) is 3.01.